The van der Waals surface area contributed by atoms with Gasteiger partial charge in [-0.25, -0.2) is 0 Å². The predicted octanol–water partition coefficient (Wildman–Crippen LogP) is 1.88. The first-order chi connectivity index (χ1) is 11.9. The van der Waals surface area contributed by atoms with Crippen LogP contribution < -0.4 is 0 Å². The van der Waals surface area contributed by atoms with Crippen molar-refractivity contribution in [3.8, 4) is 0 Å². The van der Waals surface area contributed by atoms with Crippen molar-refractivity contribution in [2.45, 2.75) is 40.5 Å². The van der Waals surface area contributed by atoms with E-state index in [1.54, 1.807) is 27.7 Å². The van der Waals surface area contributed by atoms with Gasteiger partial charge in [0, 0.05) is 0 Å². The van der Waals surface area contributed by atoms with E-state index in [0.29, 0.717) is 0 Å². The highest BCUT2D eigenvalue weighted by Gasteiger charge is 2.81. The second-order valence-electron chi connectivity index (χ2n) is 8.23. The maximum absolute atomic E-state index is 12.4. The van der Waals surface area contributed by atoms with E-state index < -0.39 is 70.2 Å². The van der Waals surface area contributed by atoms with E-state index in [9.17, 15) is 39.6 Å². The van der Waals surface area contributed by atoms with Gasteiger partial charge in [-0.1, -0.05) is 27.7 Å². The molecule has 0 aromatic rings. The zero-order chi connectivity index (χ0) is 20.2. The van der Waals surface area contributed by atoms with Gasteiger partial charge in [0.05, 0.1) is 22.7 Å². The van der Waals surface area contributed by atoms with Gasteiger partial charge in [0.1, 0.15) is 0 Å². The molecule has 0 saturated heterocycles. The van der Waals surface area contributed by atoms with Crippen LogP contribution in [0.1, 0.15) is 40.5 Å². The van der Waals surface area contributed by atoms with Gasteiger partial charge in [-0.05, 0) is 36.5 Å². The Hall–Kier alpha value is -2.12. The molecule has 6 unspecified atom stereocenters. The van der Waals surface area contributed by atoms with Gasteiger partial charge in [0.25, 0.3) is 0 Å². The average Bonchev–Trinajstić information content (AvgIpc) is 2.45. The maximum Gasteiger partial charge on any atom is 0.311 e. The summed E-state index contributed by atoms with van der Waals surface area (Å²) in [5, 5.41) is 39.1. The van der Waals surface area contributed by atoms with Crippen molar-refractivity contribution in [1.82, 2.24) is 0 Å². The molecular formula is C18H26O8. The standard InChI is InChI=1S/C18H26O8/c1-7(2)17(15(23)24)11-5-9(13(19)20)10(14(21)22)6-12(11)18(17,8(3)4)16(25)26/h7-12H,5-6H2,1-4H3,(H,19,20)(H,21,22)(H,23,24)(H,25,26). The van der Waals surface area contributed by atoms with Gasteiger partial charge in [0.15, 0.2) is 0 Å². The van der Waals surface area contributed by atoms with E-state index in [-0.39, 0.29) is 12.8 Å². The van der Waals surface area contributed by atoms with E-state index in [4.69, 9.17) is 0 Å². The van der Waals surface area contributed by atoms with Crippen LogP contribution in [0.2, 0.25) is 0 Å². The SMILES string of the molecule is CC(C)C1(C(=O)O)C2CC(C(=O)O)C(C(=O)O)CC2C1(C(=O)O)C(C)C. The number of aliphatic carboxylic acids is 4. The summed E-state index contributed by atoms with van der Waals surface area (Å²) in [5.41, 5.74) is -3.26. The third kappa shape index (κ3) is 2.13. The van der Waals surface area contributed by atoms with Crippen LogP contribution in [0.4, 0.5) is 0 Å². The van der Waals surface area contributed by atoms with Crippen molar-refractivity contribution in [2.24, 2.45) is 46.3 Å². The molecule has 0 aliphatic heterocycles. The normalized spacial score (nSPS) is 39.2. The van der Waals surface area contributed by atoms with Crippen LogP contribution in [0, 0.1) is 46.3 Å². The monoisotopic (exact) mass is 370 g/mol. The van der Waals surface area contributed by atoms with E-state index in [0.717, 1.165) is 0 Å². The smallest absolute Gasteiger partial charge is 0.311 e. The number of fused-ring (bicyclic) bond motifs is 1. The Morgan fingerprint density at radius 1 is 0.692 bits per heavy atom. The van der Waals surface area contributed by atoms with Crippen molar-refractivity contribution >= 4 is 23.9 Å². The number of carboxylic acids is 4. The van der Waals surface area contributed by atoms with Crippen LogP contribution in [0.3, 0.4) is 0 Å². The Balaban J connectivity index is 2.70. The summed E-state index contributed by atoms with van der Waals surface area (Å²) >= 11 is 0. The molecule has 2 fully saturated rings. The number of hydrogen-bond donors (Lipinski definition) is 4. The summed E-state index contributed by atoms with van der Waals surface area (Å²) in [4.78, 5) is 48.0. The summed E-state index contributed by atoms with van der Waals surface area (Å²) in [7, 11) is 0. The molecule has 0 radical (unpaired) electrons. The zero-order valence-electron chi connectivity index (χ0n) is 15.3. The van der Waals surface area contributed by atoms with Crippen LogP contribution in [-0.2, 0) is 19.2 Å². The first-order valence-electron chi connectivity index (χ1n) is 8.80. The molecule has 0 spiro atoms. The van der Waals surface area contributed by atoms with E-state index in [1.165, 1.54) is 0 Å². The summed E-state index contributed by atoms with van der Waals surface area (Å²) in [6.45, 7) is 6.57. The van der Waals surface area contributed by atoms with Crippen LogP contribution >= 0.6 is 0 Å². The first kappa shape index (κ1) is 20.2. The summed E-state index contributed by atoms with van der Waals surface area (Å²) in [5.74, 6) is -9.95. The number of carbonyl (C=O) groups is 4. The van der Waals surface area contributed by atoms with E-state index in [2.05, 4.69) is 0 Å². The minimum absolute atomic E-state index is 0.136. The molecule has 146 valence electrons. The van der Waals surface area contributed by atoms with Crippen molar-refractivity contribution in [3.05, 3.63) is 0 Å². The quantitative estimate of drug-likeness (QED) is 0.553. The number of carboxylic acid groups (broad SMARTS) is 4. The summed E-state index contributed by atoms with van der Waals surface area (Å²) in [6.07, 6.45) is -0.271. The maximum atomic E-state index is 12.4. The first-order valence-corrected chi connectivity index (χ1v) is 8.80. The molecule has 2 rings (SSSR count). The predicted molar refractivity (Wildman–Crippen MR) is 88.3 cm³/mol. The second-order valence-corrected chi connectivity index (χ2v) is 8.23. The molecule has 0 aromatic heterocycles. The van der Waals surface area contributed by atoms with Crippen molar-refractivity contribution in [2.75, 3.05) is 0 Å². The Morgan fingerprint density at radius 2 is 0.962 bits per heavy atom. The van der Waals surface area contributed by atoms with Crippen LogP contribution in [-0.4, -0.2) is 44.3 Å². The fraction of sp³-hybridized carbons (Fsp3) is 0.778. The van der Waals surface area contributed by atoms with Gasteiger partial charge < -0.3 is 20.4 Å². The minimum atomic E-state index is -1.63. The highest BCUT2D eigenvalue weighted by atomic mass is 16.4. The Kier molecular flexibility index (Phi) is 4.85. The lowest BCUT2D eigenvalue weighted by Crippen LogP contribution is -2.77. The number of rotatable bonds is 6. The van der Waals surface area contributed by atoms with Gasteiger partial charge in [-0.15, -0.1) is 0 Å². The second kappa shape index (κ2) is 6.25. The molecule has 2 aliphatic rings. The molecule has 6 atom stereocenters. The fourth-order valence-corrected chi connectivity index (χ4v) is 6.25. The zero-order valence-corrected chi connectivity index (χ0v) is 15.3. The molecule has 2 aliphatic carbocycles. The van der Waals surface area contributed by atoms with Gasteiger partial charge in [-0.3, -0.25) is 19.2 Å². The molecule has 0 amide bonds. The molecule has 8 heteroatoms. The Morgan fingerprint density at radius 3 is 1.12 bits per heavy atom. The lowest BCUT2D eigenvalue weighted by molar-refractivity contribution is -0.277. The highest BCUT2D eigenvalue weighted by Crippen LogP contribution is 2.75. The van der Waals surface area contributed by atoms with E-state index >= 15 is 0 Å². The molecule has 0 aromatic carbocycles. The molecule has 8 nitrogen and oxygen atoms in total. The van der Waals surface area contributed by atoms with Crippen molar-refractivity contribution in [1.29, 1.82) is 0 Å². The fourth-order valence-electron chi connectivity index (χ4n) is 6.25. The van der Waals surface area contributed by atoms with Crippen LogP contribution in [0.5, 0.6) is 0 Å². The van der Waals surface area contributed by atoms with Crippen LogP contribution in [0.15, 0.2) is 0 Å². The van der Waals surface area contributed by atoms with Crippen molar-refractivity contribution in [3.63, 3.8) is 0 Å². The van der Waals surface area contributed by atoms with Gasteiger partial charge in [-0.2, -0.15) is 0 Å². The molecule has 2 saturated carbocycles. The van der Waals surface area contributed by atoms with Crippen molar-refractivity contribution < 1.29 is 39.6 Å². The summed E-state index contributed by atoms with van der Waals surface area (Å²) < 4.78 is 0. The topological polar surface area (TPSA) is 149 Å². The molecule has 0 bridgehead atoms. The molecule has 26 heavy (non-hydrogen) atoms. The number of hydrogen-bond acceptors (Lipinski definition) is 4. The summed E-state index contributed by atoms with van der Waals surface area (Å²) in [6, 6.07) is 0. The molecular weight excluding hydrogens is 344 g/mol. The van der Waals surface area contributed by atoms with Crippen LogP contribution in [0.25, 0.3) is 0 Å². The molecule has 4 N–H and O–H groups in total. The van der Waals surface area contributed by atoms with Gasteiger partial charge >= 0.3 is 23.9 Å². The average molecular weight is 370 g/mol. The Labute approximate surface area is 151 Å². The highest BCUT2D eigenvalue weighted by molar-refractivity contribution is 5.91. The lowest BCUT2D eigenvalue weighted by Gasteiger charge is -2.71. The van der Waals surface area contributed by atoms with Gasteiger partial charge in [0.2, 0.25) is 0 Å². The third-order valence-corrected chi connectivity index (χ3v) is 7.00. The van der Waals surface area contributed by atoms with E-state index in [1.807, 2.05) is 0 Å². The largest absolute Gasteiger partial charge is 0.481 e. The third-order valence-electron chi connectivity index (χ3n) is 7.00. The minimum Gasteiger partial charge on any atom is -0.481 e. The molecule has 0 heterocycles. The Bertz CT molecular complexity index is 598. The lowest BCUT2D eigenvalue weighted by atomic mass is 9.29.